The molecule has 0 amide bonds. The number of alkyl halides is 1. The molecular formula is C10H9Cl2N3. The summed E-state index contributed by atoms with van der Waals surface area (Å²) < 4.78 is 1.91. The van der Waals surface area contributed by atoms with Gasteiger partial charge in [-0.25, -0.2) is 0 Å². The predicted octanol–water partition coefficient (Wildman–Crippen LogP) is 2.72. The molecule has 0 radical (unpaired) electrons. The van der Waals surface area contributed by atoms with Gasteiger partial charge in [0, 0.05) is 5.02 Å². The molecular weight excluding hydrogens is 233 g/mol. The van der Waals surface area contributed by atoms with Crippen molar-refractivity contribution >= 4 is 23.2 Å². The third-order valence-electron chi connectivity index (χ3n) is 2.08. The van der Waals surface area contributed by atoms with E-state index in [1.54, 1.807) is 6.33 Å². The number of benzene rings is 1. The lowest BCUT2D eigenvalue weighted by Crippen LogP contribution is -2.02. The fourth-order valence-electron chi connectivity index (χ4n) is 1.30. The molecule has 0 saturated carbocycles. The van der Waals surface area contributed by atoms with E-state index in [2.05, 4.69) is 10.2 Å². The molecule has 0 aliphatic carbocycles. The molecule has 0 atom stereocenters. The number of hydrogen-bond donors (Lipinski definition) is 0. The molecule has 0 spiro atoms. The van der Waals surface area contributed by atoms with Crippen molar-refractivity contribution in [3.8, 4) is 0 Å². The number of nitrogens with zero attached hydrogens (tertiary/aromatic N) is 3. The van der Waals surface area contributed by atoms with Crippen molar-refractivity contribution in [3.05, 3.63) is 47.0 Å². The normalized spacial score (nSPS) is 10.5. The van der Waals surface area contributed by atoms with Crippen molar-refractivity contribution in [1.29, 1.82) is 0 Å². The van der Waals surface area contributed by atoms with E-state index >= 15 is 0 Å². The number of halogens is 2. The lowest BCUT2D eigenvalue weighted by molar-refractivity contribution is 0.755. The highest BCUT2D eigenvalue weighted by atomic mass is 35.5. The summed E-state index contributed by atoms with van der Waals surface area (Å²) in [5.41, 5.74) is 1.14. The van der Waals surface area contributed by atoms with Crippen LogP contribution in [0.15, 0.2) is 30.6 Å². The van der Waals surface area contributed by atoms with Crippen LogP contribution in [-0.4, -0.2) is 14.8 Å². The van der Waals surface area contributed by atoms with Crippen molar-refractivity contribution in [2.24, 2.45) is 0 Å². The first-order valence-corrected chi connectivity index (χ1v) is 5.38. The van der Waals surface area contributed by atoms with E-state index in [4.69, 9.17) is 23.2 Å². The summed E-state index contributed by atoms with van der Waals surface area (Å²) in [4.78, 5) is 0. The van der Waals surface area contributed by atoms with Crippen LogP contribution in [0.5, 0.6) is 0 Å². The lowest BCUT2D eigenvalue weighted by Gasteiger charge is -2.04. The average molecular weight is 242 g/mol. The minimum atomic E-state index is 0.369. The Kier molecular flexibility index (Phi) is 3.23. The van der Waals surface area contributed by atoms with Crippen LogP contribution >= 0.6 is 23.2 Å². The van der Waals surface area contributed by atoms with E-state index in [1.165, 1.54) is 0 Å². The fourth-order valence-corrected chi connectivity index (χ4v) is 1.63. The van der Waals surface area contributed by atoms with E-state index < -0.39 is 0 Å². The highest BCUT2D eigenvalue weighted by molar-refractivity contribution is 6.30. The molecule has 0 aliphatic rings. The van der Waals surface area contributed by atoms with Crippen LogP contribution in [0.3, 0.4) is 0 Å². The van der Waals surface area contributed by atoms with Crippen LogP contribution in [-0.2, 0) is 12.4 Å². The van der Waals surface area contributed by atoms with Gasteiger partial charge >= 0.3 is 0 Å². The van der Waals surface area contributed by atoms with Gasteiger partial charge in [-0.2, -0.15) is 0 Å². The summed E-state index contributed by atoms with van der Waals surface area (Å²) in [6.45, 7) is 0.715. The van der Waals surface area contributed by atoms with Crippen molar-refractivity contribution < 1.29 is 0 Å². The molecule has 0 saturated heterocycles. The SMILES string of the molecule is ClCc1nncn1Cc1ccc(Cl)cc1. The second-order valence-corrected chi connectivity index (χ2v) is 3.84. The zero-order valence-corrected chi connectivity index (χ0v) is 9.41. The van der Waals surface area contributed by atoms with E-state index in [9.17, 15) is 0 Å². The topological polar surface area (TPSA) is 30.7 Å². The largest absolute Gasteiger partial charge is 0.312 e. The quantitative estimate of drug-likeness (QED) is 0.774. The lowest BCUT2D eigenvalue weighted by atomic mass is 10.2. The molecule has 2 rings (SSSR count). The number of rotatable bonds is 3. The zero-order valence-electron chi connectivity index (χ0n) is 7.90. The molecule has 0 N–H and O–H groups in total. The molecule has 3 nitrogen and oxygen atoms in total. The minimum Gasteiger partial charge on any atom is -0.312 e. The first kappa shape index (κ1) is 10.5. The number of hydrogen-bond acceptors (Lipinski definition) is 2. The maximum atomic E-state index is 5.80. The van der Waals surface area contributed by atoms with Crippen LogP contribution < -0.4 is 0 Å². The van der Waals surface area contributed by atoms with Gasteiger partial charge in [0.05, 0.1) is 12.4 Å². The summed E-state index contributed by atoms with van der Waals surface area (Å²) in [5, 5.41) is 8.45. The molecule has 5 heteroatoms. The maximum Gasteiger partial charge on any atom is 0.148 e. The maximum absolute atomic E-state index is 5.80. The van der Waals surface area contributed by atoms with Crippen molar-refractivity contribution in [2.75, 3.05) is 0 Å². The molecule has 78 valence electrons. The third-order valence-corrected chi connectivity index (χ3v) is 2.57. The predicted molar refractivity (Wildman–Crippen MR) is 60.1 cm³/mol. The molecule has 15 heavy (non-hydrogen) atoms. The molecule has 1 heterocycles. The number of aromatic nitrogens is 3. The van der Waals surface area contributed by atoms with Gasteiger partial charge in [0.2, 0.25) is 0 Å². The van der Waals surface area contributed by atoms with Gasteiger partial charge in [0.15, 0.2) is 0 Å². The Labute approximate surface area is 97.7 Å². The fraction of sp³-hybridized carbons (Fsp3) is 0.200. The standard InChI is InChI=1S/C10H9Cl2N3/c11-5-10-14-13-7-15(10)6-8-1-3-9(12)4-2-8/h1-4,7H,5-6H2. The molecule has 0 unspecified atom stereocenters. The van der Waals surface area contributed by atoms with Gasteiger partial charge in [-0.05, 0) is 17.7 Å². The molecule has 0 aliphatic heterocycles. The summed E-state index contributed by atoms with van der Waals surface area (Å²) in [6, 6.07) is 7.67. The van der Waals surface area contributed by atoms with Crippen LogP contribution in [0.25, 0.3) is 0 Å². The Balaban J connectivity index is 2.18. The second-order valence-electron chi connectivity index (χ2n) is 3.14. The Bertz CT molecular complexity index is 436. The smallest absolute Gasteiger partial charge is 0.148 e. The molecule has 0 fully saturated rings. The summed E-state index contributed by atoms with van der Waals surface area (Å²) in [5.74, 6) is 1.14. The monoisotopic (exact) mass is 241 g/mol. The Morgan fingerprint density at radius 1 is 1.20 bits per heavy atom. The average Bonchev–Trinajstić information content (AvgIpc) is 2.69. The van der Waals surface area contributed by atoms with Crippen molar-refractivity contribution in [1.82, 2.24) is 14.8 Å². The van der Waals surface area contributed by atoms with Gasteiger partial charge < -0.3 is 4.57 Å². The summed E-state index contributed by atoms with van der Waals surface area (Å²) in [6.07, 6.45) is 1.67. The zero-order chi connectivity index (χ0) is 10.7. The van der Waals surface area contributed by atoms with Gasteiger partial charge in [-0.3, -0.25) is 0 Å². The van der Waals surface area contributed by atoms with Gasteiger partial charge in [0.1, 0.15) is 12.2 Å². The summed E-state index contributed by atoms with van der Waals surface area (Å²) in [7, 11) is 0. The van der Waals surface area contributed by atoms with E-state index in [0.29, 0.717) is 12.4 Å². The van der Waals surface area contributed by atoms with E-state index in [-0.39, 0.29) is 0 Å². The Morgan fingerprint density at radius 2 is 1.93 bits per heavy atom. The van der Waals surface area contributed by atoms with Gasteiger partial charge in [-0.1, -0.05) is 23.7 Å². The van der Waals surface area contributed by atoms with Gasteiger partial charge in [-0.15, -0.1) is 21.8 Å². The molecule has 2 aromatic rings. The van der Waals surface area contributed by atoms with Crippen LogP contribution in [0.1, 0.15) is 11.4 Å². The molecule has 0 bridgehead atoms. The van der Waals surface area contributed by atoms with E-state index in [1.807, 2.05) is 28.8 Å². The minimum absolute atomic E-state index is 0.369. The summed E-state index contributed by atoms with van der Waals surface area (Å²) >= 11 is 11.5. The van der Waals surface area contributed by atoms with E-state index in [0.717, 1.165) is 16.4 Å². The highest BCUT2D eigenvalue weighted by Crippen LogP contribution is 2.11. The molecule has 1 aromatic carbocycles. The Hall–Kier alpha value is -1.06. The first-order chi connectivity index (χ1) is 7.29. The van der Waals surface area contributed by atoms with Crippen molar-refractivity contribution in [2.45, 2.75) is 12.4 Å². The first-order valence-electron chi connectivity index (χ1n) is 4.46. The Morgan fingerprint density at radius 3 is 2.60 bits per heavy atom. The van der Waals surface area contributed by atoms with Crippen LogP contribution in [0.4, 0.5) is 0 Å². The van der Waals surface area contributed by atoms with Crippen LogP contribution in [0.2, 0.25) is 5.02 Å². The van der Waals surface area contributed by atoms with Crippen LogP contribution in [0, 0.1) is 0 Å². The highest BCUT2D eigenvalue weighted by Gasteiger charge is 2.02. The van der Waals surface area contributed by atoms with Crippen molar-refractivity contribution in [3.63, 3.8) is 0 Å². The third kappa shape index (κ3) is 2.49. The molecule has 1 aromatic heterocycles. The second kappa shape index (κ2) is 4.64. The van der Waals surface area contributed by atoms with Gasteiger partial charge in [0.25, 0.3) is 0 Å².